The van der Waals surface area contributed by atoms with E-state index in [1.54, 1.807) is 6.33 Å². The summed E-state index contributed by atoms with van der Waals surface area (Å²) in [5.74, 6) is 0.974. The number of piperazine rings is 1. The maximum atomic E-state index is 4.44. The van der Waals surface area contributed by atoms with E-state index in [1.807, 2.05) is 4.68 Å². The molecule has 1 fully saturated rings. The van der Waals surface area contributed by atoms with Crippen molar-refractivity contribution in [2.45, 2.75) is 32.7 Å². The molecule has 0 spiro atoms. The van der Waals surface area contributed by atoms with Crippen LogP contribution in [0.4, 0.5) is 5.95 Å². The molecule has 1 N–H and O–H groups in total. The van der Waals surface area contributed by atoms with Gasteiger partial charge < -0.3 is 10.2 Å². The fourth-order valence-corrected chi connectivity index (χ4v) is 2.76. The van der Waals surface area contributed by atoms with E-state index in [1.165, 1.54) is 11.1 Å². The quantitative estimate of drug-likeness (QED) is 0.942. The molecule has 5 heteroatoms. The van der Waals surface area contributed by atoms with Gasteiger partial charge in [0.05, 0.1) is 6.54 Å². The van der Waals surface area contributed by atoms with E-state index < -0.39 is 0 Å². The van der Waals surface area contributed by atoms with Crippen LogP contribution < -0.4 is 10.2 Å². The highest BCUT2D eigenvalue weighted by Gasteiger charge is 2.17. The summed E-state index contributed by atoms with van der Waals surface area (Å²) in [6.07, 6.45) is 1.65. The first-order valence-corrected chi connectivity index (χ1v) is 7.97. The molecule has 2 heterocycles. The third-order valence-corrected chi connectivity index (χ3v) is 4.15. The molecule has 3 rings (SSSR count). The van der Waals surface area contributed by atoms with Crippen LogP contribution in [0.5, 0.6) is 0 Å². The van der Waals surface area contributed by atoms with Gasteiger partial charge in [0, 0.05) is 26.2 Å². The van der Waals surface area contributed by atoms with Crippen LogP contribution >= 0.6 is 0 Å². The zero-order valence-corrected chi connectivity index (χ0v) is 13.7. The Morgan fingerprint density at radius 1 is 1.09 bits per heavy atom. The lowest BCUT2D eigenvalue weighted by Gasteiger charge is -2.28. The van der Waals surface area contributed by atoms with E-state index in [2.05, 4.69) is 65.3 Å². The summed E-state index contributed by atoms with van der Waals surface area (Å²) in [5, 5.41) is 7.77. The monoisotopic (exact) mass is 299 g/mol. The fraction of sp³-hybridized carbons (Fsp3) is 0.529. The van der Waals surface area contributed by atoms with Crippen molar-refractivity contribution in [1.82, 2.24) is 20.1 Å². The third kappa shape index (κ3) is 3.30. The molecule has 2 aromatic rings. The van der Waals surface area contributed by atoms with Gasteiger partial charge in [0.1, 0.15) is 6.33 Å². The first kappa shape index (κ1) is 15.0. The van der Waals surface area contributed by atoms with E-state index >= 15 is 0 Å². The molecule has 5 nitrogen and oxygen atoms in total. The molecule has 1 aliphatic rings. The summed E-state index contributed by atoms with van der Waals surface area (Å²) in [6, 6.07) is 8.83. The van der Waals surface area contributed by atoms with Crippen molar-refractivity contribution >= 4 is 5.95 Å². The van der Waals surface area contributed by atoms with Crippen LogP contribution in [0.2, 0.25) is 0 Å². The molecule has 1 aliphatic heterocycles. The van der Waals surface area contributed by atoms with E-state index in [0.717, 1.165) is 38.7 Å². The average molecular weight is 299 g/mol. The van der Waals surface area contributed by atoms with Gasteiger partial charge in [-0.15, -0.1) is 0 Å². The van der Waals surface area contributed by atoms with E-state index in [9.17, 15) is 0 Å². The summed E-state index contributed by atoms with van der Waals surface area (Å²) >= 11 is 0. The van der Waals surface area contributed by atoms with Crippen molar-refractivity contribution in [1.29, 1.82) is 0 Å². The summed E-state index contributed by atoms with van der Waals surface area (Å²) in [6.45, 7) is 11.5. The number of benzene rings is 1. The number of hydrogen-bond donors (Lipinski definition) is 1. The van der Waals surface area contributed by atoms with Crippen LogP contribution in [0.25, 0.3) is 0 Å². The largest absolute Gasteiger partial charge is 0.338 e. The number of rotatable bonds is 3. The minimum absolute atomic E-state index is 0.192. The average Bonchev–Trinajstić information content (AvgIpc) is 2.96. The van der Waals surface area contributed by atoms with Crippen molar-refractivity contribution in [3.63, 3.8) is 0 Å². The van der Waals surface area contributed by atoms with Crippen LogP contribution in [0.15, 0.2) is 30.6 Å². The van der Waals surface area contributed by atoms with Gasteiger partial charge in [0.15, 0.2) is 0 Å². The molecular weight excluding hydrogens is 274 g/mol. The number of hydrogen-bond acceptors (Lipinski definition) is 4. The molecule has 0 radical (unpaired) electrons. The summed E-state index contributed by atoms with van der Waals surface area (Å²) in [7, 11) is 0. The Kier molecular flexibility index (Phi) is 4.16. The van der Waals surface area contributed by atoms with Gasteiger partial charge in [0.2, 0.25) is 5.95 Å². The third-order valence-electron chi connectivity index (χ3n) is 4.15. The first-order valence-electron chi connectivity index (χ1n) is 7.97. The van der Waals surface area contributed by atoms with Crippen LogP contribution in [0.1, 0.15) is 31.9 Å². The first-order chi connectivity index (χ1) is 10.5. The Balaban J connectivity index is 1.75. The maximum absolute atomic E-state index is 4.44. The number of nitrogens with one attached hydrogen (secondary N) is 1. The molecule has 0 aliphatic carbocycles. The zero-order chi connectivity index (χ0) is 15.6. The van der Waals surface area contributed by atoms with E-state index in [-0.39, 0.29) is 5.41 Å². The lowest BCUT2D eigenvalue weighted by atomic mass is 9.87. The highest BCUT2D eigenvalue weighted by atomic mass is 15.4. The molecule has 0 saturated carbocycles. The summed E-state index contributed by atoms with van der Waals surface area (Å²) < 4.78 is 2.00. The van der Waals surface area contributed by atoms with Crippen molar-refractivity contribution < 1.29 is 0 Å². The van der Waals surface area contributed by atoms with Gasteiger partial charge in [-0.3, -0.25) is 0 Å². The van der Waals surface area contributed by atoms with E-state index in [0.29, 0.717) is 0 Å². The Morgan fingerprint density at radius 2 is 1.77 bits per heavy atom. The molecule has 1 saturated heterocycles. The Morgan fingerprint density at radius 3 is 2.41 bits per heavy atom. The molecule has 1 aromatic carbocycles. The predicted molar refractivity (Wildman–Crippen MR) is 89.3 cm³/mol. The molecule has 118 valence electrons. The lowest BCUT2D eigenvalue weighted by Crippen LogP contribution is -2.44. The van der Waals surface area contributed by atoms with Gasteiger partial charge >= 0.3 is 0 Å². The molecule has 22 heavy (non-hydrogen) atoms. The second-order valence-corrected chi connectivity index (χ2v) is 6.90. The molecule has 0 atom stereocenters. The Labute approximate surface area is 132 Å². The molecule has 0 amide bonds. The highest BCUT2D eigenvalue weighted by molar-refractivity contribution is 5.32. The minimum Gasteiger partial charge on any atom is -0.338 e. The predicted octanol–water partition coefficient (Wildman–Crippen LogP) is 2.03. The number of aromatic nitrogens is 3. The SMILES string of the molecule is CC(C)(C)c1ccc(Cn2ncnc2N2CCNCC2)cc1. The maximum Gasteiger partial charge on any atom is 0.224 e. The smallest absolute Gasteiger partial charge is 0.224 e. The number of nitrogens with zero attached hydrogens (tertiary/aromatic N) is 4. The molecule has 1 aromatic heterocycles. The second-order valence-electron chi connectivity index (χ2n) is 6.90. The zero-order valence-electron chi connectivity index (χ0n) is 13.7. The van der Waals surface area contributed by atoms with Gasteiger partial charge in [-0.05, 0) is 16.5 Å². The van der Waals surface area contributed by atoms with Gasteiger partial charge in [-0.25, -0.2) is 4.68 Å². The van der Waals surface area contributed by atoms with E-state index in [4.69, 9.17) is 0 Å². The Bertz CT molecular complexity index is 603. The summed E-state index contributed by atoms with van der Waals surface area (Å²) in [4.78, 5) is 6.74. The van der Waals surface area contributed by atoms with Crippen molar-refractivity contribution in [3.05, 3.63) is 41.7 Å². The van der Waals surface area contributed by atoms with Crippen LogP contribution in [0.3, 0.4) is 0 Å². The Hall–Kier alpha value is -1.88. The molecule has 0 unspecified atom stereocenters. The fourth-order valence-electron chi connectivity index (χ4n) is 2.76. The van der Waals surface area contributed by atoms with Crippen LogP contribution in [-0.4, -0.2) is 40.9 Å². The van der Waals surface area contributed by atoms with Crippen molar-refractivity contribution in [2.75, 3.05) is 31.1 Å². The van der Waals surface area contributed by atoms with Crippen LogP contribution in [0, 0.1) is 0 Å². The van der Waals surface area contributed by atoms with Crippen molar-refractivity contribution in [2.24, 2.45) is 0 Å². The molecular formula is C17H25N5. The second kappa shape index (κ2) is 6.08. The standard InChI is InChI=1S/C17H25N5/c1-17(2,3)15-6-4-14(5-7-15)12-22-16(19-13-20-22)21-10-8-18-9-11-21/h4-7,13,18H,8-12H2,1-3H3. The number of anilines is 1. The lowest BCUT2D eigenvalue weighted by molar-refractivity contribution is 0.559. The normalized spacial score (nSPS) is 16.0. The molecule has 0 bridgehead atoms. The van der Waals surface area contributed by atoms with Gasteiger partial charge in [0.25, 0.3) is 0 Å². The van der Waals surface area contributed by atoms with Gasteiger partial charge in [-0.1, -0.05) is 45.0 Å². The highest BCUT2D eigenvalue weighted by Crippen LogP contribution is 2.22. The topological polar surface area (TPSA) is 46.0 Å². The minimum atomic E-state index is 0.192. The van der Waals surface area contributed by atoms with Gasteiger partial charge in [-0.2, -0.15) is 10.1 Å². The van der Waals surface area contributed by atoms with Crippen molar-refractivity contribution in [3.8, 4) is 0 Å². The van der Waals surface area contributed by atoms with Crippen LogP contribution in [-0.2, 0) is 12.0 Å². The summed E-state index contributed by atoms with van der Waals surface area (Å²) in [5.41, 5.74) is 2.81.